The van der Waals surface area contributed by atoms with Crippen molar-refractivity contribution in [3.8, 4) is 0 Å². The molecule has 1 aliphatic heterocycles. The van der Waals surface area contributed by atoms with Crippen molar-refractivity contribution in [2.24, 2.45) is 4.99 Å². The topological polar surface area (TPSA) is 56.9 Å². The smallest absolute Gasteiger partial charge is 0.194 e. The maximum atomic E-state index is 4.92. The molecule has 0 unspecified atom stereocenters. The lowest BCUT2D eigenvalue weighted by Crippen LogP contribution is -2.52. The van der Waals surface area contributed by atoms with Gasteiger partial charge < -0.3 is 14.7 Å². The molecule has 0 aliphatic carbocycles. The lowest BCUT2D eigenvalue weighted by atomic mass is 10.3. The first-order chi connectivity index (χ1) is 12.3. The molecule has 0 amide bonds. The van der Waals surface area contributed by atoms with Gasteiger partial charge in [0.05, 0.1) is 12.2 Å². The number of hydrogen-bond donors (Lipinski definition) is 1. The van der Waals surface area contributed by atoms with Crippen LogP contribution in [0.15, 0.2) is 34.0 Å². The Morgan fingerprint density at radius 2 is 2.00 bits per heavy atom. The first kappa shape index (κ1) is 17.9. The van der Waals surface area contributed by atoms with Crippen LogP contribution in [0.2, 0.25) is 0 Å². The number of aryl methyl sites for hydroxylation is 1. The summed E-state index contributed by atoms with van der Waals surface area (Å²) < 4.78 is 4.92. The molecular formula is C18H27N5OS. The molecule has 1 N–H and O–H groups in total. The van der Waals surface area contributed by atoms with Crippen LogP contribution in [0.25, 0.3) is 0 Å². The Morgan fingerprint density at radius 1 is 1.20 bits per heavy atom. The SMILES string of the molecule is CCNC(=NCc1ccc(CC)s1)N1CCN(Cc2ccon2)CC1. The molecule has 1 fully saturated rings. The Kier molecular flexibility index (Phi) is 6.47. The van der Waals surface area contributed by atoms with Crippen LogP contribution in [-0.2, 0) is 19.5 Å². The van der Waals surface area contributed by atoms with Gasteiger partial charge in [-0.25, -0.2) is 4.99 Å². The number of nitrogens with zero attached hydrogens (tertiary/aromatic N) is 4. The second-order valence-electron chi connectivity index (χ2n) is 6.15. The molecule has 7 heteroatoms. The van der Waals surface area contributed by atoms with Crippen molar-refractivity contribution in [1.29, 1.82) is 0 Å². The molecule has 25 heavy (non-hydrogen) atoms. The quantitative estimate of drug-likeness (QED) is 0.633. The average Bonchev–Trinajstić information content (AvgIpc) is 3.31. The van der Waals surface area contributed by atoms with Gasteiger partial charge in [-0.1, -0.05) is 12.1 Å². The van der Waals surface area contributed by atoms with E-state index in [9.17, 15) is 0 Å². The van der Waals surface area contributed by atoms with Gasteiger partial charge in [0.25, 0.3) is 0 Å². The number of guanidine groups is 1. The molecule has 0 spiro atoms. The molecule has 3 rings (SSSR count). The van der Waals surface area contributed by atoms with Gasteiger partial charge in [-0.3, -0.25) is 4.90 Å². The third-order valence-electron chi connectivity index (χ3n) is 4.33. The first-order valence-electron chi connectivity index (χ1n) is 9.01. The summed E-state index contributed by atoms with van der Waals surface area (Å²) in [6.45, 7) is 10.8. The predicted molar refractivity (Wildman–Crippen MR) is 102 cm³/mol. The molecule has 3 heterocycles. The van der Waals surface area contributed by atoms with E-state index in [2.05, 4.69) is 46.3 Å². The van der Waals surface area contributed by atoms with E-state index in [4.69, 9.17) is 9.52 Å². The van der Waals surface area contributed by atoms with Gasteiger partial charge in [-0.2, -0.15) is 0 Å². The van der Waals surface area contributed by atoms with E-state index >= 15 is 0 Å². The van der Waals surface area contributed by atoms with E-state index < -0.39 is 0 Å². The molecule has 0 bridgehead atoms. The van der Waals surface area contributed by atoms with Crippen LogP contribution in [0, 0.1) is 0 Å². The van der Waals surface area contributed by atoms with Gasteiger partial charge in [-0.05, 0) is 25.5 Å². The zero-order valence-corrected chi connectivity index (χ0v) is 15.9. The summed E-state index contributed by atoms with van der Waals surface area (Å²) in [5.74, 6) is 1.02. The standard InChI is InChI=1S/C18H27N5OS/c1-3-16-5-6-17(25-16)13-20-18(19-4-2)23-10-8-22(9-11-23)14-15-7-12-24-21-15/h5-7,12H,3-4,8-11,13-14H2,1-2H3,(H,19,20). The predicted octanol–water partition coefficient (Wildman–Crippen LogP) is 2.58. The number of rotatable bonds is 6. The van der Waals surface area contributed by atoms with Crippen molar-refractivity contribution in [2.45, 2.75) is 33.4 Å². The van der Waals surface area contributed by atoms with Crippen molar-refractivity contribution in [1.82, 2.24) is 20.3 Å². The summed E-state index contributed by atoms with van der Waals surface area (Å²) in [5.41, 5.74) is 0.999. The molecule has 1 saturated heterocycles. The zero-order chi connectivity index (χ0) is 17.5. The van der Waals surface area contributed by atoms with E-state index in [1.54, 1.807) is 6.26 Å². The number of aliphatic imine (C=N–C) groups is 1. The molecule has 2 aromatic rings. The minimum Gasteiger partial charge on any atom is -0.364 e. The van der Waals surface area contributed by atoms with Gasteiger partial charge in [0.1, 0.15) is 6.26 Å². The average molecular weight is 362 g/mol. The number of hydrogen-bond acceptors (Lipinski definition) is 5. The highest BCUT2D eigenvalue weighted by Gasteiger charge is 2.20. The van der Waals surface area contributed by atoms with E-state index in [0.717, 1.165) is 63.9 Å². The van der Waals surface area contributed by atoms with E-state index in [0.29, 0.717) is 0 Å². The fraction of sp³-hybridized carbons (Fsp3) is 0.556. The minimum atomic E-state index is 0.756. The summed E-state index contributed by atoms with van der Waals surface area (Å²) in [7, 11) is 0. The van der Waals surface area contributed by atoms with E-state index in [1.807, 2.05) is 17.4 Å². The van der Waals surface area contributed by atoms with Gasteiger partial charge in [0.15, 0.2) is 5.96 Å². The molecule has 0 radical (unpaired) electrons. The van der Waals surface area contributed by atoms with Crippen molar-refractivity contribution in [3.63, 3.8) is 0 Å². The number of aromatic nitrogens is 1. The monoisotopic (exact) mass is 361 g/mol. The highest BCUT2D eigenvalue weighted by molar-refractivity contribution is 7.11. The summed E-state index contributed by atoms with van der Waals surface area (Å²) in [6, 6.07) is 6.35. The Labute approximate surface area is 153 Å². The molecule has 2 aromatic heterocycles. The highest BCUT2D eigenvalue weighted by atomic mass is 32.1. The Morgan fingerprint density at radius 3 is 2.64 bits per heavy atom. The molecule has 0 atom stereocenters. The largest absolute Gasteiger partial charge is 0.364 e. The van der Waals surface area contributed by atoms with Crippen LogP contribution in [0.3, 0.4) is 0 Å². The number of thiophene rings is 1. The molecule has 0 aromatic carbocycles. The highest BCUT2D eigenvalue weighted by Crippen LogP contribution is 2.18. The second kappa shape index (κ2) is 9.01. The number of nitrogens with one attached hydrogen (secondary N) is 1. The van der Waals surface area contributed by atoms with Crippen molar-refractivity contribution >= 4 is 17.3 Å². The maximum absolute atomic E-state index is 4.92. The van der Waals surface area contributed by atoms with Crippen LogP contribution in [0.4, 0.5) is 0 Å². The summed E-state index contributed by atoms with van der Waals surface area (Å²) in [5, 5.41) is 7.44. The normalized spacial score (nSPS) is 16.4. The van der Waals surface area contributed by atoms with Crippen molar-refractivity contribution in [3.05, 3.63) is 39.9 Å². The lowest BCUT2D eigenvalue weighted by molar-refractivity contribution is 0.169. The third kappa shape index (κ3) is 5.06. The zero-order valence-electron chi connectivity index (χ0n) is 15.1. The summed E-state index contributed by atoms with van der Waals surface area (Å²) >= 11 is 1.86. The van der Waals surface area contributed by atoms with Gasteiger partial charge in [0.2, 0.25) is 0 Å². The van der Waals surface area contributed by atoms with E-state index in [-0.39, 0.29) is 0 Å². The Hall–Kier alpha value is -1.86. The second-order valence-corrected chi connectivity index (χ2v) is 7.40. The Balaban J connectivity index is 1.54. The number of piperazine rings is 1. The maximum Gasteiger partial charge on any atom is 0.194 e. The van der Waals surface area contributed by atoms with Crippen molar-refractivity contribution in [2.75, 3.05) is 32.7 Å². The van der Waals surface area contributed by atoms with Crippen molar-refractivity contribution < 1.29 is 4.52 Å². The van der Waals surface area contributed by atoms with Crippen LogP contribution in [0.1, 0.15) is 29.3 Å². The van der Waals surface area contributed by atoms with Crippen LogP contribution in [0.5, 0.6) is 0 Å². The molecule has 6 nitrogen and oxygen atoms in total. The summed E-state index contributed by atoms with van der Waals surface area (Å²) in [4.78, 5) is 12.4. The molecular weight excluding hydrogens is 334 g/mol. The van der Waals surface area contributed by atoms with Crippen LogP contribution in [-0.4, -0.2) is 53.6 Å². The fourth-order valence-corrected chi connectivity index (χ4v) is 3.82. The summed E-state index contributed by atoms with van der Waals surface area (Å²) in [6.07, 6.45) is 2.73. The molecule has 0 saturated carbocycles. The fourth-order valence-electron chi connectivity index (χ4n) is 2.94. The molecule has 1 aliphatic rings. The van der Waals surface area contributed by atoms with Gasteiger partial charge in [-0.15, -0.1) is 11.3 Å². The first-order valence-corrected chi connectivity index (χ1v) is 9.82. The van der Waals surface area contributed by atoms with Gasteiger partial charge >= 0.3 is 0 Å². The van der Waals surface area contributed by atoms with E-state index in [1.165, 1.54) is 9.75 Å². The lowest BCUT2D eigenvalue weighted by Gasteiger charge is -2.36. The van der Waals surface area contributed by atoms with Gasteiger partial charge in [0, 0.05) is 55.1 Å². The molecule has 136 valence electrons. The van der Waals surface area contributed by atoms with Crippen LogP contribution >= 0.6 is 11.3 Å². The third-order valence-corrected chi connectivity index (χ3v) is 5.55. The van der Waals surface area contributed by atoms with Crippen LogP contribution < -0.4 is 5.32 Å². The minimum absolute atomic E-state index is 0.756. The Bertz CT molecular complexity index is 659.